The predicted octanol–water partition coefficient (Wildman–Crippen LogP) is 1.70. The molecule has 7 heteroatoms. The molecule has 2 heterocycles. The highest BCUT2D eigenvalue weighted by molar-refractivity contribution is 7.91. The summed E-state index contributed by atoms with van der Waals surface area (Å²) in [4.78, 5) is 1.09. The number of piperidine rings is 1. The molecule has 5 nitrogen and oxygen atoms in total. The first-order valence-electron chi connectivity index (χ1n) is 7.20. The number of sulfonamides is 1. The van der Waals surface area contributed by atoms with Crippen molar-refractivity contribution in [1.29, 1.82) is 0 Å². The van der Waals surface area contributed by atoms with Crippen LogP contribution < -0.4 is 5.32 Å². The molecule has 1 N–H and O–H groups in total. The third-order valence-electron chi connectivity index (χ3n) is 3.97. The highest BCUT2D eigenvalue weighted by atomic mass is 32.2. The zero-order valence-electron chi connectivity index (χ0n) is 12.9. The molecule has 0 aromatic carbocycles. The van der Waals surface area contributed by atoms with Crippen molar-refractivity contribution in [1.82, 2.24) is 9.62 Å². The van der Waals surface area contributed by atoms with Crippen molar-refractivity contribution >= 4 is 21.4 Å². The average molecular weight is 332 g/mol. The monoisotopic (exact) mass is 332 g/mol. The second-order valence-electron chi connectivity index (χ2n) is 5.67. The summed E-state index contributed by atoms with van der Waals surface area (Å²) in [5, 5.41) is 3.08. The van der Waals surface area contributed by atoms with Gasteiger partial charge in [0.15, 0.2) is 0 Å². The van der Waals surface area contributed by atoms with Gasteiger partial charge in [-0.15, -0.1) is 11.3 Å². The molecule has 0 radical (unpaired) electrons. The van der Waals surface area contributed by atoms with Crippen LogP contribution in [0.4, 0.5) is 0 Å². The second kappa shape index (κ2) is 6.75. The van der Waals surface area contributed by atoms with Gasteiger partial charge in [-0.25, -0.2) is 8.42 Å². The Hall–Kier alpha value is -0.470. The van der Waals surface area contributed by atoms with Crippen LogP contribution in [0.2, 0.25) is 0 Å². The van der Waals surface area contributed by atoms with Gasteiger partial charge in [0.05, 0.1) is 5.60 Å². The number of likely N-dealkylation sites (N-methyl/N-ethyl adjacent to an activating group) is 1. The highest BCUT2D eigenvalue weighted by Gasteiger charge is 2.37. The Balaban J connectivity index is 2.15. The molecule has 1 atom stereocenters. The standard InChI is InChI=1S/C14H24N2O3S2/c1-14(19-3)8-4-10-16(11-14)21(17,18)13-6-5-12(20-13)7-9-15-2/h5-6,15H,4,7-11H2,1-3H3. The van der Waals surface area contributed by atoms with Gasteiger partial charge in [0.2, 0.25) is 0 Å². The number of methoxy groups -OCH3 is 1. The number of ether oxygens (including phenoxy) is 1. The van der Waals surface area contributed by atoms with Gasteiger partial charge in [0, 0.05) is 25.1 Å². The summed E-state index contributed by atoms with van der Waals surface area (Å²) in [7, 11) is 0.147. The summed E-state index contributed by atoms with van der Waals surface area (Å²) in [5.74, 6) is 0. The van der Waals surface area contributed by atoms with E-state index in [-0.39, 0.29) is 5.60 Å². The molecule has 0 spiro atoms. The van der Waals surface area contributed by atoms with E-state index in [0.717, 1.165) is 30.7 Å². The van der Waals surface area contributed by atoms with Crippen molar-refractivity contribution in [2.45, 2.75) is 36.0 Å². The minimum atomic E-state index is -3.40. The lowest BCUT2D eigenvalue weighted by atomic mass is 9.96. The molecular formula is C14H24N2O3S2. The van der Waals surface area contributed by atoms with Crippen LogP contribution in [0, 0.1) is 0 Å². The number of hydrogen-bond donors (Lipinski definition) is 1. The Morgan fingerprint density at radius 1 is 1.48 bits per heavy atom. The quantitative estimate of drug-likeness (QED) is 0.861. The van der Waals surface area contributed by atoms with Gasteiger partial charge in [-0.2, -0.15) is 4.31 Å². The van der Waals surface area contributed by atoms with Crippen LogP contribution in [0.1, 0.15) is 24.6 Å². The predicted molar refractivity (Wildman–Crippen MR) is 85.4 cm³/mol. The Bertz CT molecular complexity index is 571. The molecule has 1 aromatic rings. The number of hydrogen-bond acceptors (Lipinski definition) is 5. The number of rotatable bonds is 6. The van der Waals surface area contributed by atoms with Crippen molar-refractivity contribution < 1.29 is 13.2 Å². The van der Waals surface area contributed by atoms with Crippen LogP contribution in [-0.4, -0.2) is 52.1 Å². The summed E-state index contributed by atoms with van der Waals surface area (Å²) in [6.07, 6.45) is 2.58. The Morgan fingerprint density at radius 2 is 2.24 bits per heavy atom. The van der Waals surface area contributed by atoms with E-state index < -0.39 is 10.0 Å². The lowest BCUT2D eigenvalue weighted by molar-refractivity contribution is -0.0319. The Morgan fingerprint density at radius 3 is 2.90 bits per heavy atom. The Kier molecular flexibility index (Phi) is 5.43. The molecular weight excluding hydrogens is 308 g/mol. The lowest BCUT2D eigenvalue weighted by Gasteiger charge is -2.38. The van der Waals surface area contributed by atoms with E-state index in [1.165, 1.54) is 11.3 Å². The topological polar surface area (TPSA) is 58.6 Å². The molecule has 1 aliphatic heterocycles. The average Bonchev–Trinajstić information content (AvgIpc) is 2.95. The number of nitrogens with one attached hydrogen (secondary N) is 1. The van der Waals surface area contributed by atoms with Crippen molar-refractivity contribution in [3.63, 3.8) is 0 Å². The van der Waals surface area contributed by atoms with Gasteiger partial charge < -0.3 is 10.1 Å². The minimum absolute atomic E-state index is 0.377. The van der Waals surface area contributed by atoms with Crippen LogP contribution >= 0.6 is 11.3 Å². The van der Waals surface area contributed by atoms with Crippen molar-refractivity contribution in [3.8, 4) is 0 Å². The summed E-state index contributed by atoms with van der Waals surface area (Å²) < 4.78 is 33.0. The largest absolute Gasteiger partial charge is 0.377 e. The fourth-order valence-corrected chi connectivity index (χ4v) is 5.64. The molecule has 0 aliphatic carbocycles. The zero-order valence-corrected chi connectivity index (χ0v) is 14.5. The van der Waals surface area contributed by atoms with Gasteiger partial charge in [0.25, 0.3) is 10.0 Å². The second-order valence-corrected chi connectivity index (χ2v) is 9.00. The normalized spacial score (nSPS) is 24.3. The van der Waals surface area contributed by atoms with E-state index in [1.807, 2.05) is 20.0 Å². The van der Waals surface area contributed by atoms with Crippen LogP contribution in [0.15, 0.2) is 16.3 Å². The molecule has 0 amide bonds. The van der Waals surface area contributed by atoms with E-state index in [1.54, 1.807) is 17.5 Å². The van der Waals surface area contributed by atoms with Gasteiger partial charge >= 0.3 is 0 Å². The van der Waals surface area contributed by atoms with Gasteiger partial charge in [-0.1, -0.05) is 0 Å². The summed E-state index contributed by atoms with van der Waals surface area (Å²) >= 11 is 1.37. The van der Waals surface area contributed by atoms with Crippen LogP contribution in [-0.2, 0) is 21.2 Å². The van der Waals surface area contributed by atoms with Gasteiger partial charge in [-0.05, 0) is 51.9 Å². The van der Waals surface area contributed by atoms with E-state index >= 15 is 0 Å². The van der Waals surface area contributed by atoms with E-state index in [9.17, 15) is 8.42 Å². The van der Waals surface area contributed by atoms with Gasteiger partial charge in [-0.3, -0.25) is 0 Å². The first-order valence-corrected chi connectivity index (χ1v) is 9.45. The smallest absolute Gasteiger partial charge is 0.252 e. The minimum Gasteiger partial charge on any atom is -0.377 e. The zero-order chi connectivity index (χ0) is 15.5. The van der Waals surface area contributed by atoms with Crippen LogP contribution in [0.5, 0.6) is 0 Å². The first-order chi connectivity index (χ1) is 9.91. The third kappa shape index (κ3) is 3.84. The number of nitrogens with zero attached hydrogens (tertiary/aromatic N) is 1. The van der Waals surface area contributed by atoms with Crippen molar-refractivity contribution in [2.75, 3.05) is 33.8 Å². The van der Waals surface area contributed by atoms with E-state index in [2.05, 4.69) is 5.32 Å². The van der Waals surface area contributed by atoms with Crippen LogP contribution in [0.25, 0.3) is 0 Å². The molecule has 1 aromatic heterocycles. The molecule has 1 saturated heterocycles. The van der Waals surface area contributed by atoms with E-state index in [0.29, 0.717) is 17.3 Å². The fraction of sp³-hybridized carbons (Fsp3) is 0.714. The molecule has 0 bridgehead atoms. The number of thiophene rings is 1. The molecule has 120 valence electrons. The molecule has 21 heavy (non-hydrogen) atoms. The molecule has 1 aliphatic rings. The highest BCUT2D eigenvalue weighted by Crippen LogP contribution is 2.31. The maximum atomic E-state index is 12.7. The van der Waals surface area contributed by atoms with Crippen molar-refractivity contribution in [3.05, 3.63) is 17.0 Å². The Labute approximate surface area is 131 Å². The molecule has 1 unspecified atom stereocenters. The maximum absolute atomic E-state index is 12.7. The van der Waals surface area contributed by atoms with Gasteiger partial charge in [0.1, 0.15) is 4.21 Å². The molecule has 2 rings (SSSR count). The molecule has 0 saturated carbocycles. The first kappa shape index (κ1) is 16.9. The molecule has 1 fully saturated rings. The summed E-state index contributed by atoms with van der Waals surface area (Å²) in [6, 6.07) is 3.64. The van der Waals surface area contributed by atoms with Crippen molar-refractivity contribution in [2.24, 2.45) is 0 Å². The fourth-order valence-electron chi connectivity index (χ4n) is 2.54. The van der Waals surface area contributed by atoms with Crippen LogP contribution in [0.3, 0.4) is 0 Å². The summed E-state index contributed by atoms with van der Waals surface area (Å²) in [5.41, 5.74) is -0.377. The van der Waals surface area contributed by atoms with E-state index in [4.69, 9.17) is 4.74 Å². The lowest BCUT2D eigenvalue weighted by Crippen LogP contribution is -2.49. The summed E-state index contributed by atoms with van der Waals surface area (Å²) in [6.45, 7) is 3.83. The SMILES string of the molecule is CNCCc1ccc(S(=O)(=O)N2CCCC(C)(OC)C2)s1. The third-order valence-corrected chi connectivity index (χ3v) is 7.43. The maximum Gasteiger partial charge on any atom is 0.252 e.